The van der Waals surface area contributed by atoms with Crippen LogP contribution in [-0.4, -0.2) is 15.5 Å². The summed E-state index contributed by atoms with van der Waals surface area (Å²) in [5.74, 6) is 0.435. The van der Waals surface area contributed by atoms with Gasteiger partial charge in [-0.25, -0.2) is 4.98 Å². The van der Waals surface area contributed by atoms with E-state index in [0.717, 1.165) is 52.0 Å². The zero-order valence-electron chi connectivity index (χ0n) is 17.6. The lowest BCUT2D eigenvalue weighted by molar-refractivity contribution is -0.118. The molecule has 0 radical (unpaired) electrons. The molecule has 0 bridgehead atoms. The molecule has 2 unspecified atom stereocenters. The van der Waals surface area contributed by atoms with Gasteiger partial charge in [-0.05, 0) is 69.6 Å². The van der Waals surface area contributed by atoms with Crippen LogP contribution in [0, 0.1) is 26.7 Å². The Morgan fingerprint density at radius 1 is 1.28 bits per heavy atom. The zero-order chi connectivity index (χ0) is 20.9. The minimum atomic E-state index is -0.641. The lowest BCUT2D eigenvalue weighted by Crippen LogP contribution is -2.32. The molecule has 1 aliphatic rings. The molecule has 6 heteroatoms. The van der Waals surface area contributed by atoms with Crippen LogP contribution in [0.15, 0.2) is 23.3 Å². The van der Waals surface area contributed by atoms with Crippen molar-refractivity contribution in [3.63, 3.8) is 0 Å². The minimum Gasteiger partial charge on any atom is -0.324 e. The molecule has 2 heterocycles. The van der Waals surface area contributed by atoms with E-state index in [-0.39, 0.29) is 11.5 Å². The molecule has 1 amide bonds. The molecule has 2 atom stereocenters. The Morgan fingerprint density at radius 2 is 1.97 bits per heavy atom. The maximum atomic E-state index is 13.3. The number of amides is 1. The van der Waals surface area contributed by atoms with Crippen molar-refractivity contribution in [2.45, 2.75) is 59.9 Å². The Balaban J connectivity index is 1.69. The van der Waals surface area contributed by atoms with E-state index >= 15 is 0 Å². The Hall–Kier alpha value is -2.47. The molecule has 1 N–H and O–H groups in total. The van der Waals surface area contributed by atoms with E-state index in [1.807, 2.05) is 32.9 Å². The van der Waals surface area contributed by atoms with Crippen molar-refractivity contribution < 1.29 is 4.79 Å². The zero-order valence-corrected chi connectivity index (χ0v) is 18.4. The number of nitrogens with one attached hydrogen (secondary N) is 1. The molecule has 5 nitrogen and oxygen atoms in total. The first-order valence-corrected chi connectivity index (χ1v) is 11.0. The number of rotatable bonds is 3. The van der Waals surface area contributed by atoms with Gasteiger partial charge in [-0.1, -0.05) is 24.6 Å². The number of fused-ring (bicyclic) bond motifs is 3. The van der Waals surface area contributed by atoms with Gasteiger partial charge in [0.15, 0.2) is 0 Å². The summed E-state index contributed by atoms with van der Waals surface area (Å²) in [5, 5.41) is 3.73. The summed E-state index contributed by atoms with van der Waals surface area (Å²) < 4.78 is 1.47. The predicted molar refractivity (Wildman–Crippen MR) is 119 cm³/mol. The maximum absolute atomic E-state index is 13.3. The van der Waals surface area contributed by atoms with Gasteiger partial charge in [0.05, 0.1) is 11.7 Å². The maximum Gasteiger partial charge on any atom is 0.263 e. The van der Waals surface area contributed by atoms with Crippen molar-refractivity contribution >= 4 is 33.1 Å². The summed E-state index contributed by atoms with van der Waals surface area (Å²) in [6.45, 7) is 10.0. The fourth-order valence-corrected chi connectivity index (χ4v) is 5.69. The smallest absolute Gasteiger partial charge is 0.263 e. The van der Waals surface area contributed by atoms with Gasteiger partial charge < -0.3 is 5.32 Å². The van der Waals surface area contributed by atoms with Gasteiger partial charge in [0.25, 0.3) is 5.56 Å². The topological polar surface area (TPSA) is 64.0 Å². The number of thiophene rings is 1. The molecule has 0 fully saturated rings. The van der Waals surface area contributed by atoms with Crippen molar-refractivity contribution in [3.8, 4) is 0 Å². The van der Waals surface area contributed by atoms with Crippen LogP contribution >= 0.6 is 11.3 Å². The first-order valence-electron chi connectivity index (χ1n) is 10.2. The number of carbonyl (C=O) groups excluding carboxylic acids is 1. The van der Waals surface area contributed by atoms with E-state index in [9.17, 15) is 9.59 Å². The highest BCUT2D eigenvalue weighted by Gasteiger charge is 2.25. The standard InChI is InChI=1S/C23H27N3O2S/c1-12-6-7-17-18(10-12)29-22-19(17)23(28)26(11-24-22)16(5)21(27)25-20-14(3)8-13(2)9-15(20)4/h8-9,11-12,16H,6-7,10H2,1-5H3,(H,25,27). The number of carbonyl (C=O) groups is 1. The van der Waals surface area contributed by atoms with Crippen molar-refractivity contribution in [1.29, 1.82) is 0 Å². The molecule has 29 heavy (non-hydrogen) atoms. The minimum absolute atomic E-state index is 0.109. The largest absolute Gasteiger partial charge is 0.324 e. The third-order valence-electron chi connectivity index (χ3n) is 5.96. The van der Waals surface area contributed by atoms with Gasteiger partial charge >= 0.3 is 0 Å². The van der Waals surface area contributed by atoms with Crippen LogP contribution < -0.4 is 10.9 Å². The predicted octanol–water partition coefficient (Wildman–Crippen LogP) is 4.71. The second-order valence-corrected chi connectivity index (χ2v) is 9.51. The van der Waals surface area contributed by atoms with Crippen molar-refractivity contribution in [3.05, 3.63) is 55.9 Å². The number of aromatic nitrogens is 2. The van der Waals surface area contributed by atoms with E-state index in [1.165, 1.54) is 15.8 Å². The van der Waals surface area contributed by atoms with E-state index < -0.39 is 6.04 Å². The number of hydrogen-bond acceptors (Lipinski definition) is 4. The van der Waals surface area contributed by atoms with Crippen LogP contribution in [0.1, 0.15) is 53.4 Å². The number of hydrogen-bond donors (Lipinski definition) is 1. The summed E-state index contributed by atoms with van der Waals surface area (Å²) >= 11 is 1.63. The quantitative estimate of drug-likeness (QED) is 0.681. The van der Waals surface area contributed by atoms with Crippen LogP contribution in [0.5, 0.6) is 0 Å². The molecular formula is C23H27N3O2S. The fourth-order valence-electron chi connectivity index (χ4n) is 4.35. The molecule has 0 spiro atoms. The SMILES string of the molecule is Cc1cc(C)c(NC(=O)C(C)n2cnc3sc4c(c3c2=O)CCC(C)C4)c(C)c1. The molecule has 1 aliphatic carbocycles. The summed E-state index contributed by atoms with van der Waals surface area (Å²) in [4.78, 5) is 32.8. The Labute approximate surface area is 174 Å². The van der Waals surface area contributed by atoms with Crippen LogP contribution in [-0.2, 0) is 17.6 Å². The van der Waals surface area contributed by atoms with E-state index in [2.05, 4.69) is 17.2 Å². The molecule has 2 aromatic heterocycles. The number of anilines is 1. The van der Waals surface area contributed by atoms with Crippen LogP contribution in [0.25, 0.3) is 10.2 Å². The third kappa shape index (κ3) is 3.50. The van der Waals surface area contributed by atoms with Gasteiger partial charge in [0.2, 0.25) is 5.91 Å². The molecule has 152 valence electrons. The average molecular weight is 410 g/mol. The Kier molecular flexibility index (Phi) is 5.07. The summed E-state index contributed by atoms with van der Waals surface area (Å²) in [5.41, 5.74) is 5.05. The van der Waals surface area contributed by atoms with Crippen LogP contribution in [0.3, 0.4) is 0 Å². The molecule has 0 aliphatic heterocycles. The van der Waals surface area contributed by atoms with E-state index in [4.69, 9.17) is 0 Å². The Bertz CT molecular complexity index is 1150. The molecule has 0 saturated carbocycles. The summed E-state index contributed by atoms with van der Waals surface area (Å²) in [6.07, 6.45) is 4.54. The Morgan fingerprint density at radius 3 is 2.66 bits per heavy atom. The second kappa shape index (κ2) is 7.41. The van der Waals surface area contributed by atoms with Crippen molar-refractivity contribution in [2.75, 3.05) is 5.32 Å². The lowest BCUT2D eigenvalue weighted by Gasteiger charge is -2.19. The number of aryl methyl sites for hydroxylation is 4. The molecule has 1 aromatic carbocycles. The molecule has 3 aromatic rings. The second-order valence-electron chi connectivity index (χ2n) is 8.43. The normalized spacial score (nSPS) is 17.2. The van der Waals surface area contributed by atoms with Gasteiger partial charge in [-0.2, -0.15) is 0 Å². The molecule has 4 rings (SSSR count). The monoisotopic (exact) mass is 409 g/mol. The fraction of sp³-hybridized carbons (Fsp3) is 0.435. The first-order chi connectivity index (χ1) is 13.8. The average Bonchev–Trinajstić information content (AvgIpc) is 3.02. The van der Waals surface area contributed by atoms with Crippen molar-refractivity contribution in [1.82, 2.24) is 9.55 Å². The third-order valence-corrected chi connectivity index (χ3v) is 7.13. The summed E-state index contributed by atoms with van der Waals surface area (Å²) in [7, 11) is 0. The van der Waals surface area contributed by atoms with Gasteiger partial charge in [-0.3, -0.25) is 14.2 Å². The van der Waals surface area contributed by atoms with Crippen molar-refractivity contribution in [2.24, 2.45) is 5.92 Å². The van der Waals surface area contributed by atoms with Crippen LogP contribution in [0.2, 0.25) is 0 Å². The number of benzene rings is 1. The highest BCUT2D eigenvalue weighted by molar-refractivity contribution is 7.18. The lowest BCUT2D eigenvalue weighted by atomic mass is 9.89. The van der Waals surface area contributed by atoms with Gasteiger partial charge in [-0.15, -0.1) is 11.3 Å². The highest BCUT2D eigenvalue weighted by Crippen LogP contribution is 2.35. The number of nitrogens with zero attached hydrogens (tertiary/aromatic N) is 2. The van der Waals surface area contributed by atoms with E-state index in [0.29, 0.717) is 11.3 Å². The van der Waals surface area contributed by atoms with Gasteiger partial charge in [0.1, 0.15) is 10.9 Å². The molecule has 0 saturated heterocycles. The highest BCUT2D eigenvalue weighted by atomic mass is 32.1. The molecular weight excluding hydrogens is 382 g/mol. The van der Waals surface area contributed by atoms with Crippen LogP contribution in [0.4, 0.5) is 5.69 Å². The van der Waals surface area contributed by atoms with Gasteiger partial charge in [0, 0.05) is 10.6 Å². The summed E-state index contributed by atoms with van der Waals surface area (Å²) in [6, 6.07) is 3.45. The first kappa shape index (κ1) is 19.8. The van der Waals surface area contributed by atoms with E-state index in [1.54, 1.807) is 18.3 Å².